The number of carbonyl (C=O) groups is 1. The van der Waals surface area contributed by atoms with E-state index < -0.39 is 5.97 Å². The molecule has 0 aliphatic heterocycles. The van der Waals surface area contributed by atoms with Crippen molar-refractivity contribution in [1.82, 2.24) is 9.97 Å². The van der Waals surface area contributed by atoms with E-state index >= 15 is 0 Å². The van der Waals surface area contributed by atoms with Gasteiger partial charge in [0, 0.05) is 6.54 Å². The van der Waals surface area contributed by atoms with Gasteiger partial charge in [-0.25, -0.2) is 14.8 Å². The second-order valence-corrected chi connectivity index (χ2v) is 4.11. The Labute approximate surface area is 116 Å². The van der Waals surface area contributed by atoms with E-state index in [0.717, 1.165) is 11.1 Å². The maximum atomic E-state index is 11.2. The fourth-order valence-corrected chi connectivity index (χ4v) is 1.66. The Morgan fingerprint density at radius 2 is 2.10 bits per heavy atom. The number of aromatic nitrogens is 2. The summed E-state index contributed by atoms with van der Waals surface area (Å²) < 4.78 is 4.55. The summed E-state index contributed by atoms with van der Waals surface area (Å²) in [5, 5.41) is 12.2. The predicted molar refractivity (Wildman–Crippen MR) is 73.1 cm³/mol. The number of nitrogens with zero attached hydrogens (tertiary/aromatic N) is 2. The molecule has 104 valence electrons. The largest absolute Gasteiger partial charge is 0.464 e. The van der Waals surface area contributed by atoms with Crippen LogP contribution in [0.3, 0.4) is 0 Å². The number of ether oxygens (including phenoxy) is 1. The first kappa shape index (κ1) is 14.0. The number of nitrogens with one attached hydrogen (secondary N) is 1. The van der Waals surface area contributed by atoms with Crippen LogP contribution in [0.4, 0.5) is 5.82 Å². The Balaban J connectivity index is 1.98. The molecule has 0 atom stereocenters. The van der Waals surface area contributed by atoms with Crippen molar-refractivity contribution >= 4 is 11.8 Å². The molecule has 0 spiro atoms. The van der Waals surface area contributed by atoms with E-state index in [-0.39, 0.29) is 12.3 Å². The van der Waals surface area contributed by atoms with E-state index in [1.165, 1.54) is 19.5 Å². The fraction of sp³-hybridized carbons (Fsp3) is 0.214. The maximum absolute atomic E-state index is 11.2. The Morgan fingerprint density at radius 1 is 1.30 bits per heavy atom. The standard InChI is InChI=1S/C14H15N3O3/c1-20-14(19)12-7-17-13(8-15-12)16-6-10-3-2-4-11(5-10)9-18/h2-5,7-8,18H,6,9H2,1H3,(H,16,17). The van der Waals surface area contributed by atoms with Crippen LogP contribution < -0.4 is 5.32 Å². The number of aliphatic hydroxyl groups excluding tert-OH is 1. The Bertz CT molecular complexity index is 584. The number of methoxy groups -OCH3 is 1. The topological polar surface area (TPSA) is 84.3 Å². The molecule has 0 bridgehead atoms. The molecule has 0 radical (unpaired) electrons. The highest BCUT2D eigenvalue weighted by atomic mass is 16.5. The van der Waals surface area contributed by atoms with Crippen molar-refractivity contribution in [3.05, 3.63) is 53.5 Å². The first-order valence-electron chi connectivity index (χ1n) is 6.06. The molecule has 0 saturated heterocycles. The van der Waals surface area contributed by atoms with Crippen LogP contribution in [-0.4, -0.2) is 28.2 Å². The molecule has 20 heavy (non-hydrogen) atoms. The number of esters is 1. The van der Waals surface area contributed by atoms with Gasteiger partial charge < -0.3 is 15.2 Å². The molecule has 1 heterocycles. The van der Waals surface area contributed by atoms with E-state index in [0.29, 0.717) is 12.4 Å². The van der Waals surface area contributed by atoms with Crippen molar-refractivity contribution in [1.29, 1.82) is 0 Å². The quantitative estimate of drug-likeness (QED) is 0.800. The molecular formula is C14H15N3O3. The molecule has 0 fully saturated rings. The van der Waals surface area contributed by atoms with Gasteiger partial charge in [-0.3, -0.25) is 0 Å². The zero-order valence-corrected chi connectivity index (χ0v) is 11.0. The highest BCUT2D eigenvalue weighted by Gasteiger charge is 2.07. The third kappa shape index (κ3) is 3.52. The van der Waals surface area contributed by atoms with Crippen LogP contribution in [0.2, 0.25) is 0 Å². The maximum Gasteiger partial charge on any atom is 0.358 e. The molecule has 1 aromatic heterocycles. The van der Waals surface area contributed by atoms with Crippen molar-refractivity contribution < 1.29 is 14.6 Å². The molecule has 2 N–H and O–H groups in total. The first-order valence-corrected chi connectivity index (χ1v) is 6.06. The summed E-state index contributed by atoms with van der Waals surface area (Å²) in [5.74, 6) is 0.0479. The second-order valence-electron chi connectivity index (χ2n) is 4.11. The van der Waals surface area contributed by atoms with Gasteiger partial charge in [0.25, 0.3) is 0 Å². The lowest BCUT2D eigenvalue weighted by Crippen LogP contribution is -2.07. The Hall–Kier alpha value is -2.47. The first-order chi connectivity index (χ1) is 9.72. The van der Waals surface area contributed by atoms with Gasteiger partial charge in [0.05, 0.1) is 26.1 Å². The predicted octanol–water partition coefficient (Wildman–Crippen LogP) is 1.37. The third-order valence-corrected chi connectivity index (χ3v) is 2.69. The third-order valence-electron chi connectivity index (χ3n) is 2.69. The van der Waals surface area contributed by atoms with Crippen LogP contribution in [0.25, 0.3) is 0 Å². The monoisotopic (exact) mass is 273 g/mol. The van der Waals surface area contributed by atoms with Gasteiger partial charge in [0.1, 0.15) is 5.82 Å². The molecule has 1 aromatic carbocycles. The molecule has 6 heteroatoms. The van der Waals surface area contributed by atoms with Gasteiger partial charge in [-0.15, -0.1) is 0 Å². The van der Waals surface area contributed by atoms with Crippen LogP contribution in [0.5, 0.6) is 0 Å². The van der Waals surface area contributed by atoms with Crippen molar-refractivity contribution in [3.63, 3.8) is 0 Å². The number of aliphatic hydroxyl groups is 1. The van der Waals surface area contributed by atoms with Crippen molar-refractivity contribution in [2.24, 2.45) is 0 Å². The van der Waals surface area contributed by atoms with Gasteiger partial charge in [0.2, 0.25) is 0 Å². The minimum absolute atomic E-state index is 0.0153. The number of anilines is 1. The molecule has 2 aromatic rings. The molecule has 0 amide bonds. The highest BCUT2D eigenvalue weighted by Crippen LogP contribution is 2.08. The summed E-state index contributed by atoms with van der Waals surface area (Å²) in [7, 11) is 1.30. The Morgan fingerprint density at radius 3 is 2.75 bits per heavy atom. The second kappa shape index (κ2) is 6.63. The molecule has 0 saturated carbocycles. The van der Waals surface area contributed by atoms with Crippen molar-refractivity contribution in [2.45, 2.75) is 13.2 Å². The SMILES string of the molecule is COC(=O)c1cnc(NCc2cccc(CO)c2)cn1. The van der Waals surface area contributed by atoms with Crippen LogP contribution in [0.1, 0.15) is 21.6 Å². The average Bonchev–Trinajstić information content (AvgIpc) is 2.53. The van der Waals surface area contributed by atoms with Crippen LogP contribution in [0, 0.1) is 0 Å². The van der Waals surface area contributed by atoms with E-state index in [1.807, 2.05) is 24.3 Å². The minimum Gasteiger partial charge on any atom is -0.464 e. The highest BCUT2D eigenvalue weighted by molar-refractivity contribution is 5.86. The van der Waals surface area contributed by atoms with Gasteiger partial charge >= 0.3 is 5.97 Å². The summed E-state index contributed by atoms with van der Waals surface area (Å²) in [4.78, 5) is 19.2. The average molecular weight is 273 g/mol. The molecular weight excluding hydrogens is 258 g/mol. The lowest BCUT2D eigenvalue weighted by Gasteiger charge is -2.07. The minimum atomic E-state index is -0.514. The lowest BCUT2D eigenvalue weighted by atomic mass is 10.1. The van der Waals surface area contributed by atoms with Gasteiger partial charge in [-0.1, -0.05) is 24.3 Å². The fourth-order valence-electron chi connectivity index (χ4n) is 1.66. The van der Waals surface area contributed by atoms with E-state index in [2.05, 4.69) is 20.0 Å². The smallest absolute Gasteiger partial charge is 0.358 e. The van der Waals surface area contributed by atoms with Gasteiger partial charge in [-0.05, 0) is 11.1 Å². The van der Waals surface area contributed by atoms with Crippen molar-refractivity contribution in [3.8, 4) is 0 Å². The normalized spacial score (nSPS) is 10.1. The zero-order valence-electron chi connectivity index (χ0n) is 11.0. The summed E-state index contributed by atoms with van der Waals surface area (Å²) in [6.45, 7) is 0.571. The molecule has 0 aliphatic carbocycles. The number of rotatable bonds is 5. The van der Waals surface area contributed by atoms with E-state index in [9.17, 15) is 4.79 Å². The van der Waals surface area contributed by atoms with Gasteiger partial charge in [-0.2, -0.15) is 0 Å². The summed E-state index contributed by atoms with van der Waals surface area (Å²) in [5.41, 5.74) is 2.05. The molecule has 0 aliphatic rings. The van der Waals surface area contributed by atoms with E-state index in [1.54, 1.807) is 0 Å². The number of benzene rings is 1. The molecule has 0 unspecified atom stereocenters. The Kier molecular flexibility index (Phi) is 4.62. The molecule has 6 nitrogen and oxygen atoms in total. The van der Waals surface area contributed by atoms with Crippen molar-refractivity contribution in [2.75, 3.05) is 12.4 Å². The lowest BCUT2D eigenvalue weighted by molar-refractivity contribution is 0.0593. The summed E-state index contributed by atoms with van der Waals surface area (Å²) in [6, 6.07) is 7.59. The number of carbonyl (C=O) groups excluding carboxylic acids is 1. The number of hydrogen-bond donors (Lipinski definition) is 2. The van der Waals surface area contributed by atoms with Crippen LogP contribution >= 0.6 is 0 Å². The van der Waals surface area contributed by atoms with Gasteiger partial charge in [0.15, 0.2) is 5.69 Å². The van der Waals surface area contributed by atoms with Crippen LogP contribution in [-0.2, 0) is 17.9 Å². The zero-order chi connectivity index (χ0) is 14.4. The van der Waals surface area contributed by atoms with E-state index in [4.69, 9.17) is 5.11 Å². The molecule has 2 rings (SSSR count). The van der Waals surface area contributed by atoms with Crippen LogP contribution in [0.15, 0.2) is 36.7 Å². The summed E-state index contributed by atoms with van der Waals surface area (Å²) in [6.07, 6.45) is 2.83. The summed E-state index contributed by atoms with van der Waals surface area (Å²) >= 11 is 0. The number of hydrogen-bond acceptors (Lipinski definition) is 6.